The number of carbonyl (C=O) groups is 1. The molecule has 1 spiro atoms. The number of carbonyl (C=O) groups excluding carboxylic acids is 1. The molecule has 3 aliphatic rings. The Bertz CT molecular complexity index is 654. The van der Waals surface area contributed by atoms with Gasteiger partial charge in [0, 0.05) is 11.1 Å². The molecule has 25 heavy (non-hydrogen) atoms. The first kappa shape index (κ1) is 17.1. The zero-order valence-corrected chi connectivity index (χ0v) is 15.4. The van der Waals surface area contributed by atoms with Crippen LogP contribution < -0.4 is 4.74 Å². The van der Waals surface area contributed by atoms with Gasteiger partial charge in [0.15, 0.2) is 0 Å². The number of halogens is 1. The summed E-state index contributed by atoms with van der Waals surface area (Å²) in [7, 11) is 1.57. The highest BCUT2D eigenvalue weighted by Crippen LogP contribution is 2.39. The maximum atomic E-state index is 12.8. The number of hydrogen-bond acceptors (Lipinski definition) is 4. The normalized spacial score (nSPS) is 25.8. The Labute approximate surface area is 153 Å². The minimum absolute atomic E-state index is 0.0324. The Kier molecular flexibility index (Phi) is 4.65. The van der Waals surface area contributed by atoms with E-state index >= 15 is 0 Å². The van der Waals surface area contributed by atoms with E-state index in [1.54, 1.807) is 25.3 Å². The average molecular weight is 365 g/mol. The summed E-state index contributed by atoms with van der Waals surface area (Å²) in [6, 6.07) is 5.67. The summed E-state index contributed by atoms with van der Waals surface area (Å²) in [6.07, 6.45) is 4.97. The first-order valence-electron chi connectivity index (χ1n) is 9.11. The maximum absolute atomic E-state index is 12.8. The molecule has 1 atom stereocenters. The summed E-state index contributed by atoms with van der Waals surface area (Å²) in [5.74, 6) is 0.531. The first-order valence-corrected chi connectivity index (χ1v) is 9.49. The third-order valence-corrected chi connectivity index (χ3v) is 5.97. The van der Waals surface area contributed by atoms with Gasteiger partial charge in [-0.05, 0) is 50.6 Å². The van der Waals surface area contributed by atoms with Crippen LogP contribution in [-0.4, -0.2) is 67.2 Å². The highest BCUT2D eigenvalue weighted by molar-refractivity contribution is 6.31. The molecule has 0 aliphatic carbocycles. The lowest BCUT2D eigenvalue weighted by Crippen LogP contribution is -2.63. The largest absolute Gasteiger partial charge is 0.496 e. The van der Waals surface area contributed by atoms with Crippen LogP contribution in [0.4, 0.5) is 0 Å². The third kappa shape index (κ3) is 3.25. The molecule has 0 radical (unpaired) electrons. The zero-order valence-electron chi connectivity index (χ0n) is 14.7. The zero-order chi connectivity index (χ0) is 17.4. The van der Waals surface area contributed by atoms with Gasteiger partial charge in [0.25, 0.3) is 5.91 Å². The molecule has 0 bridgehead atoms. The van der Waals surface area contributed by atoms with E-state index in [-0.39, 0.29) is 11.5 Å². The summed E-state index contributed by atoms with van der Waals surface area (Å²) in [4.78, 5) is 17.2. The van der Waals surface area contributed by atoms with E-state index in [0.29, 0.717) is 35.5 Å². The summed E-state index contributed by atoms with van der Waals surface area (Å²) < 4.78 is 11.5. The van der Waals surface area contributed by atoms with Gasteiger partial charge in [-0.1, -0.05) is 18.0 Å². The van der Waals surface area contributed by atoms with Crippen molar-refractivity contribution in [1.29, 1.82) is 0 Å². The van der Waals surface area contributed by atoms with Gasteiger partial charge in [-0.3, -0.25) is 9.69 Å². The SMILES string of the molecule is COc1ccc(Cl)cc1C(=O)N1CC2(CC(N3CCCCC3)CO2)C1. The molecule has 5 nitrogen and oxygen atoms in total. The molecule has 0 aromatic heterocycles. The molecule has 1 amide bonds. The molecule has 3 aliphatic heterocycles. The quantitative estimate of drug-likeness (QED) is 0.827. The third-order valence-electron chi connectivity index (χ3n) is 5.73. The molecular weight excluding hydrogens is 340 g/mol. The number of likely N-dealkylation sites (tertiary alicyclic amines) is 2. The molecule has 6 heteroatoms. The van der Waals surface area contributed by atoms with Gasteiger partial charge in [-0.25, -0.2) is 0 Å². The molecule has 3 heterocycles. The Morgan fingerprint density at radius 1 is 1.28 bits per heavy atom. The summed E-state index contributed by atoms with van der Waals surface area (Å²) in [6.45, 7) is 4.49. The second-order valence-corrected chi connectivity index (χ2v) is 7.89. The summed E-state index contributed by atoms with van der Waals surface area (Å²) in [5, 5.41) is 0.543. The number of amides is 1. The fourth-order valence-corrected chi connectivity index (χ4v) is 4.54. The van der Waals surface area contributed by atoms with Crippen LogP contribution >= 0.6 is 11.6 Å². The number of methoxy groups -OCH3 is 1. The monoisotopic (exact) mass is 364 g/mol. The lowest BCUT2D eigenvalue weighted by molar-refractivity contribution is -0.0951. The van der Waals surface area contributed by atoms with Gasteiger partial charge >= 0.3 is 0 Å². The number of rotatable bonds is 3. The predicted molar refractivity (Wildman–Crippen MR) is 96.4 cm³/mol. The first-order chi connectivity index (χ1) is 12.1. The van der Waals surface area contributed by atoms with Gasteiger partial charge in [0.2, 0.25) is 0 Å². The number of piperidine rings is 1. The van der Waals surface area contributed by atoms with E-state index in [4.69, 9.17) is 21.1 Å². The van der Waals surface area contributed by atoms with Gasteiger partial charge in [-0.2, -0.15) is 0 Å². The van der Waals surface area contributed by atoms with Crippen LogP contribution in [0.5, 0.6) is 5.75 Å². The van der Waals surface area contributed by atoms with Crippen LogP contribution in [0, 0.1) is 0 Å². The van der Waals surface area contributed by atoms with Crippen molar-refractivity contribution in [3.05, 3.63) is 28.8 Å². The minimum Gasteiger partial charge on any atom is -0.496 e. The van der Waals surface area contributed by atoms with E-state index < -0.39 is 0 Å². The number of ether oxygens (including phenoxy) is 2. The van der Waals surface area contributed by atoms with Crippen LogP contribution in [0.2, 0.25) is 5.02 Å². The van der Waals surface area contributed by atoms with E-state index in [2.05, 4.69) is 4.90 Å². The predicted octanol–water partition coefficient (Wildman–Crippen LogP) is 2.82. The number of nitrogens with zero attached hydrogens (tertiary/aromatic N) is 2. The number of hydrogen-bond donors (Lipinski definition) is 0. The van der Waals surface area contributed by atoms with Crippen molar-refractivity contribution in [2.24, 2.45) is 0 Å². The molecule has 4 rings (SSSR count). The van der Waals surface area contributed by atoms with Crippen LogP contribution in [0.15, 0.2) is 18.2 Å². The Hall–Kier alpha value is -1.30. The van der Waals surface area contributed by atoms with Crippen molar-refractivity contribution in [3.8, 4) is 5.75 Å². The summed E-state index contributed by atoms with van der Waals surface area (Å²) in [5.41, 5.74) is 0.374. The standard InChI is InChI=1S/C19H25ClN2O3/c1-24-17-6-5-14(20)9-16(17)18(23)22-12-19(13-22)10-15(11-25-19)21-7-3-2-4-8-21/h5-6,9,15H,2-4,7-8,10-13H2,1H3. The van der Waals surface area contributed by atoms with E-state index in [1.165, 1.54) is 32.4 Å². The van der Waals surface area contributed by atoms with Gasteiger partial charge in [-0.15, -0.1) is 0 Å². The van der Waals surface area contributed by atoms with Gasteiger partial charge in [0.05, 0.1) is 32.4 Å². The lowest BCUT2D eigenvalue weighted by Gasteiger charge is -2.47. The highest BCUT2D eigenvalue weighted by atomic mass is 35.5. The fraction of sp³-hybridized carbons (Fsp3) is 0.632. The lowest BCUT2D eigenvalue weighted by atomic mass is 9.88. The number of benzene rings is 1. The van der Waals surface area contributed by atoms with Crippen LogP contribution in [0.25, 0.3) is 0 Å². The average Bonchev–Trinajstić information content (AvgIpc) is 3.06. The second-order valence-electron chi connectivity index (χ2n) is 7.45. The molecule has 1 aromatic carbocycles. The van der Waals surface area contributed by atoms with Crippen LogP contribution in [0.1, 0.15) is 36.0 Å². The Morgan fingerprint density at radius 3 is 2.76 bits per heavy atom. The van der Waals surface area contributed by atoms with Crippen molar-refractivity contribution in [2.45, 2.75) is 37.3 Å². The molecule has 136 valence electrons. The molecule has 3 fully saturated rings. The van der Waals surface area contributed by atoms with Crippen molar-refractivity contribution >= 4 is 17.5 Å². The van der Waals surface area contributed by atoms with E-state index in [9.17, 15) is 4.79 Å². The topological polar surface area (TPSA) is 42.0 Å². The second kappa shape index (κ2) is 6.78. The molecule has 1 unspecified atom stereocenters. The molecule has 0 saturated carbocycles. The van der Waals surface area contributed by atoms with E-state index in [0.717, 1.165) is 13.0 Å². The molecular formula is C19H25ClN2O3. The van der Waals surface area contributed by atoms with Crippen LogP contribution in [0.3, 0.4) is 0 Å². The Morgan fingerprint density at radius 2 is 2.04 bits per heavy atom. The van der Waals surface area contributed by atoms with Crippen molar-refractivity contribution < 1.29 is 14.3 Å². The Balaban J connectivity index is 1.39. The molecule has 1 aromatic rings. The summed E-state index contributed by atoms with van der Waals surface area (Å²) >= 11 is 6.05. The van der Waals surface area contributed by atoms with Crippen molar-refractivity contribution in [2.75, 3.05) is 39.9 Å². The van der Waals surface area contributed by atoms with Crippen LogP contribution in [-0.2, 0) is 4.74 Å². The fourth-order valence-electron chi connectivity index (χ4n) is 4.37. The van der Waals surface area contributed by atoms with Crippen molar-refractivity contribution in [3.63, 3.8) is 0 Å². The van der Waals surface area contributed by atoms with Crippen molar-refractivity contribution in [1.82, 2.24) is 9.80 Å². The highest BCUT2D eigenvalue weighted by Gasteiger charge is 2.52. The van der Waals surface area contributed by atoms with Gasteiger partial charge < -0.3 is 14.4 Å². The van der Waals surface area contributed by atoms with E-state index in [1.807, 2.05) is 4.90 Å². The maximum Gasteiger partial charge on any atom is 0.257 e. The molecule has 3 saturated heterocycles. The minimum atomic E-state index is -0.149. The smallest absolute Gasteiger partial charge is 0.257 e. The van der Waals surface area contributed by atoms with Gasteiger partial charge in [0.1, 0.15) is 11.4 Å². The molecule has 0 N–H and O–H groups in total.